The van der Waals surface area contributed by atoms with Crippen molar-refractivity contribution in [2.45, 2.75) is 57.9 Å². The number of hydrogen-bond acceptors (Lipinski definition) is 2. The van der Waals surface area contributed by atoms with Gasteiger partial charge >= 0.3 is 6.03 Å². The number of urea groups is 1. The lowest BCUT2D eigenvalue weighted by Gasteiger charge is -2.35. The van der Waals surface area contributed by atoms with Crippen molar-refractivity contribution in [3.05, 3.63) is 35.4 Å². The number of nitrogens with zero attached hydrogens (tertiary/aromatic N) is 2. The van der Waals surface area contributed by atoms with Crippen molar-refractivity contribution in [3.8, 4) is 0 Å². The average Bonchev–Trinajstić information content (AvgIpc) is 3.19. The number of amides is 3. The SMILES string of the molecule is CCCCc1ccc(C(=O)N2CCN(C(=O)NC3CCCC3)CC2)cc1. The van der Waals surface area contributed by atoms with E-state index in [0.29, 0.717) is 32.2 Å². The molecule has 2 aliphatic rings. The molecular weight excluding hydrogens is 326 g/mol. The molecule has 142 valence electrons. The molecule has 3 rings (SSSR count). The number of nitrogens with one attached hydrogen (secondary N) is 1. The van der Waals surface area contributed by atoms with E-state index in [9.17, 15) is 9.59 Å². The highest BCUT2D eigenvalue weighted by Crippen LogP contribution is 2.18. The van der Waals surface area contributed by atoms with E-state index >= 15 is 0 Å². The molecule has 5 nitrogen and oxygen atoms in total. The van der Waals surface area contributed by atoms with Crippen LogP contribution in [0, 0.1) is 0 Å². The smallest absolute Gasteiger partial charge is 0.317 e. The number of unbranched alkanes of at least 4 members (excludes halogenated alkanes) is 1. The van der Waals surface area contributed by atoms with Crippen LogP contribution >= 0.6 is 0 Å². The van der Waals surface area contributed by atoms with Crippen LogP contribution in [0.25, 0.3) is 0 Å². The molecule has 0 unspecified atom stereocenters. The van der Waals surface area contributed by atoms with E-state index in [-0.39, 0.29) is 11.9 Å². The van der Waals surface area contributed by atoms with E-state index in [2.05, 4.69) is 24.4 Å². The Morgan fingerprint density at radius 3 is 2.23 bits per heavy atom. The molecule has 0 bridgehead atoms. The molecule has 0 radical (unpaired) electrons. The topological polar surface area (TPSA) is 52.7 Å². The Bertz CT molecular complexity index is 600. The van der Waals surface area contributed by atoms with Crippen LogP contribution < -0.4 is 5.32 Å². The molecule has 1 aliphatic carbocycles. The monoisotopic (exact) mass is 357 g/mol. The number of carbonyl (C=O) groups is 2. The number of piperazine rings is 1. The molecule has 1 saturated carbocycles. The van der Waals surface area contributed by atoms with Crippen LogP contribution in [0.3, 0.4) is 0 Å². The third-order valence-corrected chi connectivity index (χ3v) is 5.56. The molecule has 2 fully saturated rings. The zero-order chi connectivity index (χ0) is 18.4. The third kappa shape index (κ3) is 4.77. The molecule has 1 aliphatic heterocycles. The fraction of sp³-hybridized carbons (Fsp3) is 0.619. The van der Waals surface area contributed by atoms with Crippen molar-refractivity contribution in [1.82, 2.24) is 15.1 Å². The zero-order valence-electron chi connectivity index (χ0n) is 15.9. The van der Waals surface area contributed by atoms with Gasteiger partial charge in [0.15, 0.2) is 0 Å². The Kier molecular flexibility index (Phi) is 6.53. The summed E-state index contributed by atoms with van der Waals surface area (Å²) in [7, 11) is 0. The number of carbonyl (C=O) groups excluding carboxylic acids is 2. The van der Waals surface area contributed by atoms with Crippen LogP contribution in [-0.4, -0.2) is 54.0 Å². The van der Waals surface area contributed by atoms with Crippen LogP contribution in [0.5, 0.6) is 0 Å². The standard InChI is InChI=1S/C21H31N3O2/c1-2-3-6-17-9-11-18(12-10-17)20(25)23-13-15-24(16-14-23)21(26)22-19-7-4-5-8-19/h9-12,19H,2-8,13-16H2,1H3,(H,22,26). The average molecular weight is 357 g/mol. The van der Waals surface area contributed by atoms with Gasteiger partial charge in [-0.05, 0) is 43.4 Å². The normalized spacial score (nSPS) is 18.2. The van der Waals surface area contributed by atoms with Crippen molar-refractivity contribution in [2.75, 3.05) is 26.2 Å². The Labute approximate surface area is 156 Å². The molecule has 1 N–H and O–H groups in total. The molecule has 5 heteroatoms. The van der Waals surface area contributed by atoms with Crippen LogP contribution in [0.1, 0.15) is 61.4 Å². The summed E-state index contributed by atoms with van der Waals surface area (Å²) < 4.78 is 0. The second-order valence-electron chi connectivity index (χ2n) is 7.51. The van der Waals surface area contributed by atoms with E-state index in [1.54, 1.807) is 0 Å². The van der Waals surface area contributed by atoms with E-state index in [1.807, 2.05) is 21.9 Å². The Balaban J connectivity index is 1.47. The van der Waals surface area contributed by atoms with Crippen LogP contribution in [0.2, 0.25) is 0 Å². The highest BCUT2D eigenvalue weighted by Gasteiger charge is 2.26. The molecular formula is C21H31N3O2. The van der Waals surface area contributed by atoms with Gasteiger partial charge in [0.1, 0.15) is 0 Å². The van der Waals surface area contributed by atoms with Crippen molar-refractivity contribution >= 4 is 11.9 Å². The molecule has 0 aromatic heterocycles. The van der Waals surface area contributed by atoms with Gasteiger partial charge in [-0.25, -0.2) is 4.79 Å². The minimum atomic E-state index is 0.0317. The predicted molar refractivity (Wildman–Crippen MR) is 103 cm³/mol. The Morgan fingerprint density at radius 2 is 1.62 bits per heavy atom. The number of aryl methyl sites for hydroxylation is 1. The summed E-state index contributed by atoms with van der Waals surface area (Å²) in [5.41, 5.74) is 2.03. The number of benzene rings is 1. The lowest BCUT2D eigenvalue weighted by Crippen LogP contribution is -2.54. The first-order valence-corrected chi connectivity index (χ1v) is 10.1. The summed E-state index contributed by atoms with van der Waals surface area (Å²) in [6.07, 6.45) is 8.04. The van der Waals surface area contributed by atoms with Crippen LogP contribution in [0.4, 0.5) is 4.79 Å². The van der Waals surface area contributed by atoms with Gasteiger partial charge in [-0.1, -0.05) is 38.3 Å². The van der Waals surface area contributed by atoms with Gasteiger partial charge in [0.25, 0.3) is 5.91 Å². The molecule has 1 saturated heterocycles. The molecule has 3 amide bonds. The van der Waals surface area contributed by atoms with Crippen molar-refractivity contribution in [1.29, 1.82) is 0 Å². The van der Waals surface area contributed by atoms with Gasteiger partial charge in [-0.3, -0.25) is 4.79 Å². The molecule has 26 heavy (non-hydrogen) atoms. The van der Waals surface area contributed by atoms with Crippen molar-refractivity contribution in [2.24, 2.45) is 0 Å². The lowest BCUT2D eigenvalue weighted by molar-refractivity contribution is 0.0663. The summed E-state index contributed by atoms with van der Waals surface area (Å²) in [6.45, 7) is 4.62. The first-order chi connectivity index (χ1) is 12.7. The molecule has 1 aromatic carbocycles. The van der Waals surface area contributed by atoms with Crippen LogP contribution in [-0.2, 0) is 6.42 Å². The number of rotatable bonds is 5. The van der Waals surface area contributed by atoms with Gasteiger partial charge in [0, 0.05) is 37.8 Å². The summed E-state index contributed by atoms with van der Waals surface area (Å²) in [4.78, 5) is 28.7. The first kappa shape index (κ1) is 18.7. The summed E-state index contributed by atoms with van der Waals surface area (Å²) in [5.74, 6) is 0.0721. The van der Waals surface area contributed by atoms with E-state index in [1.165, 1.54) is 31.2 Å². The second-order valence-corrected chi connectivity index (χ2v) is 7.51. The van der Waals surface area contributed by atoms with Gasteiger partial charge in [-0.2, -0.15) is 0 Å². The quantitative estimate of drug-likeness (QED) is 0.878. The van der Waals surface area contributed by atoms with Gasteiger partial charge in [-0.15, -0.1) is 0 Å². The maximum absolute atomic E-state index is 12.7. The zero-order valence-corrected chi connectivity index (χ0v) is 15.9. The van der Waals surface area contributed by atoms with Crippen molar-refractivity contribution in [3.63, 3.8) is 0 Å². The van der Waals surface area contributed by atoms with Gasteiger partial charge < -0.3 is 15.1 Å². The Morgan fingerprint density at radius 1 is 1.00 bits per heavy atom. The Hall–Kier alpha value is -2.04. The van der Waals surface area contributed by atoms with Crippen LogP contribution in [0.15, 0.2) is 24.3 Å². The summed E-state index contributed by atoms with van der Waals surface area (Å²) >= 11 is 0. The molecule has 0 spiro atoms. The van der Waals surface area contributed by atoms with E-state index in [0.717, 1.165) is 24.8 Å². The highest BCUT2D eigenvalue weighted by molar-refractivity contribution is 5.94. The molecule has 1 aromatic rings. The summed E-state index contributed by atoms with van der Waals surface area (Å²) in [6, 6.07) is 8.37. The van der Waals surface area contributed by atoms with Gasteiger partial charge in [0.2, 0.25) is 0 Å². The predicted octanol–water partition coefficient (Wildman–Crippen LogP) is 3.44. The fourth-order valence-corrected chi connectivity index (χ4v) is 3.83. The fourth-order valence-electron chi connectivity index (χ4n) is 3.83. The molecule has 1 heterocycles. The maximum atomic E-state index is 12.7. The second kappa shape index (κ2) is 9.06. The summed E-state index contributed by atoms with van der Waals surface area (Å²) in [5, 5.41) is 3.13. The maximum Gasteiger partial charge on any atom is 0.317 e. The third-order valence-electron chi connectivity index (χ3n) is 5.56. The number of hydrogen-bond donors (Lipinski definition) is 1. The largest absolute Gasteiger partial charge is 0.335 e. The lowest BCUT2D eigenvalue weighted by atomic mass is 10.1. The van der Waals surface area contributed by atoms with Crippen molar-refractivity contribution < 1.29 is 9.59 Å². The van der Waals surface area contributed by atoms with E-state index < -0.39 is 0 Å². The van der Waals surface area contributed by atoms with Gasteiger partial charge in [0.05, 0.1) is 0 Å². The minimum absolute atomic E-state index is 0.0317. The first-order valence-electron chi connectivity index (χ1n) is 10.1. The highest BCUT2D eigenvalue weighted by atomic mass is 16.2. The van der Waals surface area contributed by atoms with E-state index in [4.69, 9.17) is 0 Å². The minimum Gasteiger partial charge on any atom is -0.335 e. The molecule has 0 atom stereocenters.